The summed E-state index contributed by atoms with van der Waals surface area (Å²) >= 11 is 6.26. The molecule has 1 aliphatic heterocycles. The zero-order valence-corrected chi connectivity index (χ0v) is 29.3. The first-order chi connectivity index (χ1) is 22.5. The molecule has 0 radical (unpaired) electrons. The summed E-state index contributed by atoms with van der Waals surface area (Å²) in [4.78, 5) is 36.3. The number of nitrogens with one attached hydrogen (secondary N) is 2. The van der Waals surface area contributed by atoms with E-state index in [1.54, 1.807) is 19.2 Å². The van der Waals surface area contributed by atoms with Crippen LogP contribution in [0.3, 0.4) is 0 Å². The Kier molecular flexibility index (Phi) is 10.6. The largest absolute Gasteiger partial charge is 0.497 e. The Morgan fingerprint density at radius 3 is 2.36 bits per heavy atom. The van der Waals surface area contributed by atoms with Gasteiger partial charge in [-0.25, -0.2) is 0 Å². The summed E-state index contributed by atoms with van der Waals surface area (Å²) in [5, 5.41) is 16.6. The van der Waals surface area contributed by atoms with Gasteiger partial charge in [0.2, 0.25) is 14.2 Å². The van der Waals surface area contributed by atoms with Gasteiger partial charge in [-0.2, -0.15) is 0 Å². The first-order valence-electron chi connectivity index (χ1n) is 16.0. The molecular formula is C36H42ClN5O4Si. The Balaban J connectivity index is 1.32. The fourth-order valence-corrected chi connectivity index (χ4v) is 7.14. The molecule has 0 fully saturated rings. The number of benzene rings is 3. The van der Waals surface area contributed by atoms with Gasteiger partial charge in [0.05, 0.1) is 12.8 Å². The van der Waals surface area contributed by atoms with Gasteiger partial charge in [0.15, 0.2) is 0 Å². The molecule has 3 N–H and O–H groups in total. The number of methoxy groups -OCH3 is 1. The molecule has 0 spiro atoms. The quantitative estimate of drug-likeness (QED) is 0.143. The average molecular weight is 672 g/mol. The van der Waals surface area contributed by atoms with Gasteiger partial charge in [-0.05, 0) is 97.6 Å². The number of aryl methyl sites for hydroxylation is 1. The molecule has 0 saturated carbocycles. The summed E-state index contributed by atoms with van der Waals surface area (Å²) in [6.07, 6.45) is 3.85. The molecule has 47 heavy (non-hydrogen) atoms. The van der Waals surface area contributed by atoms with Crippen LogP contribution in [0, 0.1) is 12.8 Å². The Hall–Kier alpha value is -4.25. The maximum absolute atomic E-state index is 13.4. The maximum Gasteiger partial charge on any atom is 0.251 e. The smallest absolute Gasteiger partial charge is 0.251 e. The summed E-state index contributed by atoms with van der Waals surface area (Å²) in [5.74, 6) is 1.70. The van der Waals surface area contributed by atoms with Crippen LogP contribution in [-0.4, -0.2) is 59.9 Å². The van der Waals surface area contributed by atoms with Crippen molar-refractivity contribution in [3.63, 3.8) is 0 Å². The molecule has 4 aromatic rings. The third-order valence-corrected chi connectivity index (χ3v) is 10.7. The molecule has 11 heteroatoms. The second-order valence-corrected chi connectivity index (χ2v) is 16.5. The van der Waals surface area contributed by atoms with E-state index in [0.29, 0.717) is 30.1 Å². The summed E-state index contributed by atoms with van der Waals surface area (Å²) in [6.45, 7) is 8.57. The summed E-state index contributed by atoms with van der Waals surface area (Å²) in [6, 6.07) is 20.9. The number of allylic oxidation sites excluding steroid dienone is 1. The van der Waals surface area contributed by atoms with Crippen molar-refractivity contribution in [2.24, 2.45) is 5.92 Å². The first kappa shape index (κ1) is 34.1. The van der Waals surface area contributed by atoms with Crippen molar-refractivity contribution in [2.75, 3.05) is 20.2 Å². The van der Waals surface area contributed by atoms with Gasteiger partial charge >= 0.3 is 0 Å². The zero-order chi connectivity index (χ0) is 33.7. The SMILES string of the molecule is CCC1C=C(c2ccc(Cl)cc2)c2cc(OC)ccc2-n2c(C)nnc2C1CC(=O)NCCCNC(=O)c1ccc([Si](C)(C)O)cc1. The van der Waals surface area contributed by atoms with Crippen LogP contribution in [0.1, 0.15) is 65.2 Å². The highest BCUT2D eigenvalue weighted by Crippen LogP contribution is 2.41. The molecule has 1 aromatic heterocycles. The molecular weight excluding hydrogens is 630 g/mol. The van der Waals surface area contributed by atoms with E-state index in [4.69, 9.17) is 16.3 Å². The molecule has 3 aromatic carbocycles. The lowest BCUT2D eigenvalue weighted by Gasteiger charge is -2.29. The van der Waals surface area contributed by atoms with Crippen molar-refractivity contribution in [3.05, 3.63) is 106 Å². The molecule has 2 atom stereocenters. The molecule has 2 amide bonds. The maximum atomic E-state index is 13.4. The monoisotopic (exact) mass is 671 g/mol. The Bertz CT molecular complexity index is 1760. The Morgan fingerprint density at radius 2 is 1.70 bits per heavy atom. The summed E-state index contributed by atoms with van der Waals surface area (Å²) in [5.41, 5.74) is 4.47. The van der Waals surface area contributed by atoms with E-state index < -0.39 is 8.32 Å². The van der Waals surface area contributed by atoms with Gasteiger partial charge < -0.3 is 20.2 Å². The molecule has 2 unspecified atom stereocenters. The number of amides is 2. The predicted molar refractivity (Wildman–Crippen MR) is 188 cm³/mol. The highest BCUT2D eigenvalue weighted by atomic mass is 35.5. The van der Waals surface area contributed by atoms with Crippen molar-refractivity contribution in [1.82, 2.24) is 25.4 Å². The van der Waals surface area contributed by atoms with Crippen LogP contribution in [0.5, 0.6) is 5.75 Å². The molecule has 0 saturated heterocycles. The minimum absolute atomic E-state index is 0.0159. The van der Waals surface area contributed by atoms with Gasteiger partial charge in [0.25, 0.3) is 5.91 Å². The lowest BCUT2D eigenvalue weighted by atomic mass is 9.81. The minimum Gasteiger partial charge on any atom is -0.497 e. The fourth-order valence-electron chi connectivity index (χ4n) is 6.03. The standard InChI is InChI=1S/C36H42ClN5O4Si/c1-6-24-20-30(25-8-12-27(37)13-9-25)32-21-28(46-3)14-17-33(32)42-23(2)40-41-35(42)31(24)22-34(43)38-18-7-19-39-36(44)26-10-15-29(16-11-26)47(4,5)45/h8-17,20-21,24,31,45H,6-7,18-19,22H2,1-5H3,(H,38,43)(H,39,44). The summed E-state index contributed by atoms with van der Waals surface area (Å²) < 4.78 is 7.68. The van der Waals surface area contributed by atoms with Crippen molar-refractivity contribution >= 4 is 42.5 Å². The number of fused-ring (bicyclic) bond motifs is 3. The predicted octanol–water partition coefficient (Wildman–Crippen LogP) is 5.52. The number of rotatable bonds is 11. The van der Waals surface area contributed by atoms with E-state index in [-0.39, 0.29) is 30.1 Å². The molecule has 2 heterocycles. The number of nitrogens with zero attached hydrogens (tertiary/aromatic N) is 3. The topological polar surface area (TPSA) is 118 Å². The zero-order valence-electron chi connectivity index (χ0n) is 27.5. The first-order valence-corrected chi connectivity index (χ1v) is 19.3. The Labute approximate surface area is 282 Å². The normalized spacial score (nSPS) is 15.9. The van der Waals surface area contributed by atoms with Crippen molar-refractivity contribution in [1.29, 1.82) is 0 Å². The fraction of sp³-hybridized carbons (Fsp3) is 0.333. The van der Waals surface area contributed by atoms with E-state index in [2.05, 4.69) is 38.4 Å². The van der Waals surface area contributed by atoms with Gasteiger partial charge in [-0.1, -0.05) is 48.9 Å². The van der Waals surface area contributed by atoms with Crippen molar-refractivity contribution in [3.8, 4) is 11.4 Å². The van der Waals surface area contributed by atoms with Crippen LogP contribution in [0.4, 0.5) is 0 Å². The third kappa shape index (κ3) is 7.84. The lowest BCUT2D eigenvalue weighted by Crippen LogP contribution is -2.41. The van der Waals surface area contributed by atoms with Crippen LogP contribution in [0.25, 0.3) is 11.3 Å². The van der Waals surface area contributed by atoms with E-state index in [9.17, 15) is 14.4 Å². The van der Waals surface area contributed by atoms with Crippen molar-refractivity contribution < 1.29 is 19.1 Å². The third-order valence-electron chi connectivity index (χ3n) is 8.66. The van der Waals surface area contributed by atoms with Crippen LogP contribution < -0.4 is 20.6 Å². The molecule has 0 bridgehead atoms. The molecule has 9 nitrogen and oxygen atoms in total. The second-order valence-electron chi connectivity index (χ2n) is 12.4. The molecule has 5 rings (SSSR count). The van der Waals surface area contributed by atoms with Crippen LogP contribution in [-0.2, 0) is 4.79 Å². The highest BCUT2D eigenvalue weighted by Gasteiger charge is 2.33. The number of aromatic nitrogens is 3. The van der Waals surface area contributed by atoms with Gasteiger partial charge in [0.1, 0.15) is 17.4 Å². The molecule has 246 valence electrons. The summed E-state index contributed by atoms with van der Waals surface area (Å²) in [7, 11) is -0.763. The Morgan fingerprint density at radius 1 is 1.00 bits per heavy atom. The van der Waals surface area contributed by atoms with Crippen LogP contribution in [0.15, 0.2) is 72.8 Å². The van der Waals surface area contributed by atoms with E-state index in [1.807, 2.05) is 74.6 Å². The number of carbonyl (C=O) groups excluding carboxylic acids is 2. The number of ether oxygens (including phenoxy) is 1. The van der Waals surface area contributed by atoms with Crippen molar-refractivity contribution in [2.45, 2.75) is 52.1 Å². The highest BCUT2D eigenvalue weighted by molar-refractivity contribution is 6.83. The van der Waals surface area contributed by atoms with E-state index in [0.717, 1.165) is 51.4 Å². The average Bonchev–Trinajstić information content (AvgIpc) is 3.43. The van der Waals surface area contributed by atoms with Gasteiger partial charge in [0, 0.05) is 41.6 Å². The second kappa shape index (κ2) is 14.7. The minimum atomic E-state index is -2.42. The van der Waals surface area contributed by atoms with Gasteiger partial charge in [-0.3, -0.25) is 14.2 Å². The van der Waals surface area contributed by atoms with Crippen LogP contribution >= 0.6 is 11.6 Å². The lowest BCUT2D eigenvalue weighted by molar-refractivity contribution is -0.121. The number of halogens is 1. The van der Waals surface area contributed by atoms with Crippen LogP contribution in [0.2, 0.25) is 18.1 Å². The molecule has 0 aliphatic carbocycles. The van der Waals surface area contributed by atoms with Gasteiger partial charge in [-0.15, -0.1) is 10.2 Å². The van der Waals surface area contributed by atoms with E-state index in [1.165, 1.54) is 0 Å². The molecule has 1 aliphatic rings. The number of hydrogen-bond donors (Lipinski definition) is 3. The number of carbonyl (C=O) groups is 2. The van der Waals surface area contributed by atoms with E-state index >= 15 is 0 Å². The number of hydrogen-bond acceptors (Lipinski definition) is 6.